The van der Waals surface area contributed by atoms with Crippen LogP contribution >= 0.6 is 0 Å². The van der Waals surface area contributed by atoms with Gasteiger partial charge in [-0.3, -0.25) is 0 Å². The van der Waals surface area contributed by atoms with Crippen molar-refractivity contribution >= 4 is 0 Å². The highest BCUT2D eigenvalue weighted by Crippen LogP contribution is 2.39. The fraction of sp³-hybridized carbons (Fsp3) is 0.533. The molecule has 1 aliphatic rings. The molecule has 0 bridgehead atoms. The van der Waals surface area contributed by atoms with Gasteiger partial charge in [-0.25, -0.2) is 0 Å². The van der Waals surface area contributed by atoms with Crippen molar-refractivity contribution in [2.24, 2.45) is 5.41 Å². The third kappa shape index (κ3) is 3.02. The SMILES string of the molecule is COc1ccc(CCNCC2(C#N)CCC2)cc1. The summed E-state index contributed by atoms with van der Waals surface area (Å²) < 4.78 is 5.12. The molecule has 1 fully saturated rings. The number of hydrogen-bond donors (Lipinski definition) is 1. The molecule has 1 aromatic carbocycles. The molecule has 1 aliphatic carbocycles. The molecular weight excluding hydrogens is 224 g/mol. The Balaban J connectivity index is 1.70. The third-order valence-electron chi connectivity index (χ3n) is 3.76. The first kappa shape index (κ1) is 12.9. The highest BCUT2D eigenvalue weighted by atomic mass is 16.5. The number of nitriles is 1. The van der Waals surface area contributed by atoms with Gasteiger partial charge in [-0.05, 0) is 43.5 Å². The Morgan fingerprint density at radius 2 is 2.06 bits per heavy atom. The largest absolute Gasteiger partial charge is 0.497 e. The molecule has 0 aliphatic heterocycles. The van der Waals surface area contributed by atoms with Crippen LogP contribution in [0.3, 0.4) is 0 Å². The van der Waals surface area contributed by atoms with Gasteiger partial charge in [-0.1, -0.05) is 18.6 Å². The van der Waals surface area contributed by atoms with Crippen molar-refractivity contribution in [2.45, 2.75) is 25.7 Å². The summed E-state index contributed by atoms with van der Waals surface area (Å²) in [6.07, 6.45) is 4.30. The van der Waals surface area contributed by atoms with Gasteiger partial charge in [0.15, 0.2) is 0 Å². The number of rotatable bonds is 6. The Hall–Kier alpha value is -1.53. The average molecular weight is 244 g/mol. The summed E-state index contributed by atoms with van der Waals surface area (Å²) in [7, 11) is 1.68. The van der Waals surface area contributed by atoms with Crippen LogP contribution in [-0.2, 0) is 6.42 Å². The van der Waals surface area contributed by atoms with Crippen LogP contribution in [-0.4, -0.2) is 20.2 Å². The smallest absolute Gasteiger partial charge is 0.118 e. The van der Waals surface area contributed by atoms with E-state index in [1.54, 1.807) is 7.11 Å². The summed E-state index contributed by atoms with van der Waals surface area (Å²) in [5.74, 6) is 0.893. The van der Waals surface area contributed by atoms with Crippen molar-refractivity contribution in [3.05, 3.63) is 29.8 Å². The fourth-order valence-corrected chi connectivity index (χ4v) is 2.28. The molecule has 3 heteroatoms. The van der Waals surface area contributed by atoms with E-state index < -0.39 is 0 Å². The van der Waals surface area contributed by atoms with Crippen LogP contribution in [0.2, 0.25) is 0 Å². The van der Waals surface area contributed by atoms with Gasteiger partial charge in [-0.2, -0.15) is 5.26 Å². The van der Waals surface area contributed by atoms with Gasteiger partial charge in [-0.15, -0.1) is 0 Å². The van der Waals surface area contributed by atoms with Crippen LogP contribution < -0.4 is 10.1 Å². The van der Waals surface area contributed by atoms with Crippen LogP contribution in [0.4, 0.5) is 0 Å². The topological polar surface area (TPSA) is 45.0 Å². The summed E-state index contributed by atoms with van der Waals surface area (Å²) in [5, 5.41) is 12.5. The summed E-state index contributed by atoms with van der Waals surface area (Å²) >= 11 is 0. The predicted octanol–water partition coefficient (Wildman–Crippen LogP) is 2.52. The van der Waals surface area contributed by atoms with E-state index in [9.17, 15) is 0 Å². The highest BCUT2D eigenvalue weighted by Gasteiger charge is 2.36. The standard InChI is InChI=1S/C15H20N2O/c1-18-14-5-3-13(4-6-14)7-10-17-12-15(11-16)8-2-9-15/h3-6,17H,2,7-10,12H2,1H3. The molecule has 0 amide bonds. The van der Waals surface area contributed by atoms with Gasteiger partial charge in [0, 0.05) is 6.54 Å². The number of methoxy groups -OCH3 is 1. The van der Waals surface area contributed by atoms with Crippen LogP contribution in [0.1, 0.15) is 24.8 Å². The van der Waals surface area contributed by atoms with E-state index in [2.05, 4.69) is 23.5 Å². The van der Waals surface area contributed by atoms with Crippen LogP contribution in [0, 0.1) is 16.7 Å². The van der Waals surface area contributed by atoms with Crippen molar-refractivity contribution in [3.63, 3.8) is 0 Å². The molecule has 3 nitrogen and oxygen atoms in total. The molecule has 0 spiro atoms. The lowest BCUT2D eigenvalue weighted by Gasteiger charge is -2.35. The second-order valence-electron chi connectivity index (χ2n) is 5.02. The number of hydrogen-bond acceptors (Lipinski definition) is 3. The van der Waals surface area contributed by atoms with Gasteiger partial charge < -0.3 is 10.1 Å². The summed E-state index contributed by atoms with van der Waals surface area (Å²) in [4.78, 5) is 0. The Kier molecular flexibility index (Phi) is 4.22. The maximum atomic E-state index is 9.11. The van der Waals surface area contributed by atoms with Crippen LogP contribution in [0.5, 0.6) is 5.75 Å². The third-order valence-corrected chi connectivity index (χ3v) is 3.76. The Bertz CT molecular complexity index is 415. The second kappa shape index (κ2) is 5.88. The first-order chi connectivity index (χ1) is 8.78. The average Bonchev–Trinajstić information content (AvgIpc) is 2.38. The normalized spacial score (nSPS) is 16.7. The van der Waals surface area contributed by atoms with Crippen molar-refractivity contribution in [1.82, 2.24) is 5.32 Å². The maximum absolute atomic E-state index is 9.11. The van der Waals surface area contributed by atoms with Crippen molar-refractivity contribution in [2.75, 3.05) is 20.2 Å². The van der Waals surface area contributed by atoms with Crippen molar-refractivity contribution in [1.29, 1.82) is 5.26 Å². The van der Waals surface area contributed by atoms with Crippen LogP contribution in [0.15, 0.2) is 24.3 Å². The van der Waals surface area contributed by atoms with E-state index in [0.29, 0.717) is 0 Å². The molecule has 1 saturated carbocycles. The van der Waals surface area contributed by atoms with Crippen molar-refractivity contribution < 1.29 is 4.74 Å². The van der Waals surface area contributed by atoms with Gasteiger partial charge in [0.25, 0.3) is 0 Å². The molecule has 0 radical (unpaired) electrons. The zero-order valence-corrected chi connectivity index (χ0v) is 10.9. The zero-order valence-electron chi connectivity index (χ0n) is 10.9. The molecule has 96 valence electrons. The Labute approximate surface area is 109 Å². The van der Waals surface area contributed by atoms with Crippen molar-refractivity contribution in [3.8, 4) is 11.8 Å². The van der Waals surface area contributed by atoms with E-state index in [1.807, 2.05) is 12.1 Å². The molecule has 0 aromatic heterocycles. The quantitative estimate of drug-likeness (QED) is 0.782. The lowest BCUT2D eigenvalue weighted by Crippen LogP contribution is -2.39. The molecular formula is C15H20N2O. The monoisotopic (exact) mass is 244 g/mol. The molecule has 0 unspecified atom stereocenters. The van der Waals surface area contributed by atoms with Gasteiger partial charge >= 0.3 is 0 Å². The molecule has 0 atom stereocenters. The Morgan fingerprint density at radius 1 is 1.33 bits per heavy atom. The summed E-state index contributed by atoms with van der Waals surface area (Å²) in [6, 6.07) is 10.6. The highest BCUT2D eigenvalue weighted by molar-refractivity contribution is 5.27. The zero-order chi connectivity index (χ0) is 12.8. The minimum atomic E-state index is -0.0695. The van der Waals surface area contributed by atoms with E-state index in [-0.39, 0.29) is 5.41 Å². The molecule has 2 rings (SSSR count). The lowest BCUT2D eigenvalue weighted by molar-refractivity contribution is 0.208. The number of nitrogens with zero attached hydrogens (tertiary/aromatic N) is 1. The van der Waals surface area contributed by atoms with Gasteiger partial charge in [0.2, 0.25) is 0 Å². The number of ether oxygens (including phenoxy) is 1. The minimum Gasteiger partial charge on any atom is -0.497 e. The Morgan fingerprint density at radius 3 is 2.56 bits per heavy atom. The number of benzene rings is 1. The van der Waals surface area contributed by atoms with E-state index >= 15 is 0 Å². The molecule has 18 heavy (non-hydrogen) atoms. The molecule has 0 heterocycles. The van der Waals surface area contributed by atoms with E-state index in [0.717, 1.165) is 38.1 Å². The molecule has 0 saturated heterocycles. The summed E-state index contributed by atoms with van der Waals surface area (Å²) in [5.41, 5.74) is 1.22. The minimum absolute atomic E-state index is 0.0695. The number of nitrogens with one attached hydrogen (secondary N) is 1. The van der Waals surface area contributed by atoms with Gasteiger partial charge in [0.05, 0.1) is 18.6 Å². The maximum Gasteiger partial charge on any atom is 0.118 e. The van der Waals surface area contributed by atoms with E-state index in [4.69, 9.17) is 10.00 Å². The molecule has 1 aromatic rings. The van der Waals surface area contributed by atoms with Gasteiger partial charge in [0.1, 0.15) is 5.75 Å². The summed E-state index contributed by atoms with van der Waals surface area (Å²) in [6.45, 7) is 1.76. The lowest BCUT2D eigenvalue weighted by atomic mass is 9.70. The van der Waals surface area contributed by atoms with Crippen LogP contribution in [0.25, 0.3) is 0 Å². The first-order valence-corrected chi connectivity index (χ1v) is 6.53. The van der Waals surface area contributed by atoms with E-state index in [1.165, 1.54) is 12.0 Å². The first-order valence-electron chi connectivity index (χ1n) is 6.53. The second-order valence-corrected chi connectivity index (χ2v) is 5.02. The predicted molar refractivity (Wildman–Crippen MR) is 71.5 cm³/mol. The molecule has 1 N–H and O–H groups in total. The fourth-order valence-electron chi connectivity index (χ4n) is 2.28.